The highest BCUT2D eigenvalue weighted by Crippen LogP contribution is 2.22. The van der Waals surface area contributed by atoms with Crippen LogP contribution in [-0.2, 0) is 4.79 Å². The van der Waals surface area contributed by atoms with Gasteiger partial charge in [0.1, 0.15) is 5.76 Å². The summed E-state index contributed by atoms with van der Waals surface area (Å²) in [6.07, 6.45) is 3.33. The van der Waals surface area contributed by atoms with Crippen LogP contribution in [0.1, 0.15) is 36.1 Å². The number of carbonyl (C=O) groups is 2. The van der Waals surface area contributed by atoms with E-state index >= 15 is 0 Å². The minimum Gasteiger partial charge on any atom is -0.456 e. The Labute approximate surface area is 175 Å². The van der Waals surface area contributed by atoms with Gasteiger partial charge < -0.3 is 15.1 Å². The van der Waals surface area contributed by atoms with E-state index in [1.165, 1.54) is 0 Å². The fourth-order valence-electron chi connectivity index (χ4n) is 3.86. The first kappa shape index (κ1) is 20.1. The Hall–Kier alpha value is -3.19. The van der Waals surface area contributed by atoms with E-state index in [0.717, 1.165) is 48.3 Å². The second-order valence-electron chi connectivity index (χ2n) is 7.73. The summed E-state index contributed by atoms with van der Waals surface area (Å²) in [5.74, 6) is 0.834. The number of nitrogens with one attached hydrogen (secondary N) is 2. The summed E-state index contributed by atoms with van der Waals surface area (Å²) < 4.78 is 5.38. The van der Waals surface area contributed by atoms with E-state index in [1.54, 1.807) is 18.3 Å². The topological polar surface area (TPSA) is 87.5 Å². The number of hydrogen-bond acceptors (Lipinski definition) is 5. The smallest absolute Gasteiger partial charge is 0.287 e. The zero-order valence-corrected chi connectivity index (χ0v) is 17.2. The van der Waals surface area contributed by atoms with Crippen LogP contribution in [0.3, 0.4) is 0 Å². The van der Waals surface area contributed by atoms with Gasteiger partial charge in [0, 0.05) is 30.7 Å². The van der Waals surface area contributed by atoms with Crippen LogP contribution in [0.5, 0.6) is 0 Å². The first-order valence-electron chi connectivity index (χ1n) is 10.3. The number of nitrogens with zero attached hydrogens (tertiary/aromatic N) is 2. The summed E-state index contributed by atoms with van der Waals surface area (Å²) >= 11 is 0. The number of anilines is 1. The first-order chi connectivity index (χ1) is 14.5. The van der Waals surface area contributed by atoms with E-state index in [4.69, 9.17) is 4.42 Å². The molecule has 2 amide bonds. The number of piperidine rings is 1. The molecule has 3 aromatic rings. The van der Waals surface area contributed by atoms with Crippen molar-refractivity contribution in [3.8, 4) is 0 Å². The Balaban J connectivity index is 1.32. The van der Waals surface area contributed by atoms with Crippen molar-refractivity contribution in [2.75, 3.05) is 18.4 Å². The molecule has 1 aliphatic rings. The molecule has 0 saturated carbocycles. The van der Waals surface area contributed by atoms with Gasteiger partial charge >= 0.3 is 0 Å². The van der Waals surface area contributed by atoms with Crippen LogP contribution in [-0.4, -0.2) is 46.9 Å². The van der Waals surface area contributed by atoms with Crippen molar-refractivity contribution >= 4 is 28.4 Å². The highest BCUT2D eigenvalue weighted by Gasteiger charge is 2.28. The lowest BCUT2D eigenvalue weighted by atomic mass is 10.0. The van der Waals surface area contributed by atoms with Gasteiger partial charge in [-0.1, -0.05) is 6.07 Å². The largest absolute Gasteiger partial charge is 0.456 e. The molecule has 3 heterocycles. The van der Waals surface area contributed by atoms with E-state index in [2.05, 4.69) is 20.5 Å². The summed E-state index contributed by atoms with van der Waals surface area (Å²) in [7, 11) is 0. The molecule has 0 bridgehead atoms. The van der Waals surface area contributed by atoms with E-state index in [-0.39, 0.29) is 23.9 Å². The molecule has 1 aliphatic heterocycles. The summed E-state index contributed by atoms with van der Waals surface area (Å²) in [4.78, 5) is 31.6. The molecule has 1 fully saturated rings. The number of benzene rings is 1. The van der Waals surface area contributed by atoms with Crippen LogP contribution < -0.4 is 10.6 Å². The number of carbonyl (C=O) groups excluding carboxylic acids is 2. The van der Waals surface area contributed by atoms with Crippen molar-refractivity contribution < 1.29 is 14.0 Å². The molecule has 2 N–H and O–H groups in total. The summed E-state index contributed by atoms with van der Waals surface area (Å²) in [5, 5.41) is 7.00. The van der Waals surface area contributed by atoms with Crippen LogP contribution in [0, 0.1) is 6.92 Å². The SMILES string of the molecule is Cc1ccc(C(=O)NC2CCN(C(C)C(=O)Nc3cccc4ncccc34)CC2)o1. The average molecular weight is 406 g/mol. The van der Waals surface area contributed by atoms with Crippen molar-refractivity contribution in [1.29, 1.82) is 0 Å². The number of fused-ring (bicyclic) bond motifs is 1. The zero-order chi connectivity index (χ0) is 21.1. The second kappa shape index (κ2) is 8.67. The highest BCUT2D eigenvalue weighted by molar-refractivity contribution is 6.02. The van der Waals surface area contributed by atoms with E-state index in [9.17, 15) is 9.59 Å². The fraction of sp³-hybridized carbons (Fsp3) is 0.348. The third-order valence-corrected chi connectivity index (χ3v) is 5.66. The Kier molecular flexibility index (Phi) is 5.81. The van der Waals surface area contributed by atoms with Crippen molar-refractivity contribution in [2.45, 2.75) is 38.8 Å². The molecule has 2 aromatic heterocycles. The maximum Gasteiger partial charge on any atom is 0.287 e. The third kappa shape index (κ3) is 4.36. The standard InChI is InChI=1S/C23H26N4O3/c1-15-8-9-21(30-15)23(29)25-17-10-13-27(14-11-17)16(2)22(28)26-20-7-3-6-19-18(20)5-4-12-24-19/h3-9,12,16-17H,10-11,13-14H2,1-2H3,(H,25,29)(H,26,28). The Bertz CT molecular complexity index is 1050. The van der Waals surface area contributed by atoms with Crippen LogP contribution in [0.2, 0.25) is 0 Å². The molecule has 1 atom stereocenters. The number of pyridine rings is 1. The number of aryl methyl sites for hydroxylation is 1. The monoisotopic (exact) mass is 406 g/mol. The lowest BCUT2D eigenvalue weighted by molar-refractivity contribution is -0.121. The Morgan fingerprint density at radius 2 is 1.93 bits per heavy atom. The van der Waals surface area contributed by atoms with Gasteiger partial charge in [-0.3, -0.25) is 19.5 Å². The molecule has 1 aromatic carbocycles. The van der Waals surface area contributed by atoms with Gasteiger partial charge in [0.25, 0.3) is 5.91 Å². The quantitative estimate of drug-likeness (QED) is 0.678. The minimum absolute atomic E-state index is 0.0418. The predicted octanol–water partition coefficient (Wildman–Crippen LogP) is 3.36. The average Bonchev–Trinajstić information content (AvgIpc) is 3.20. The molecule has 1 saturated heterocycles. The molecule has 156 valence electrons. The van der Waals surface area contributed by atoms with E-state index < -0.39 is 0 Å². The predicted molar refractivity (Wildman–Crippen MR) is 115 cm³/mol. The van der Waals surface area contributed by atoms with Gasteiger partial charge in [0.2, 0.25) is 5.91 Å². The van der Waals surface area contributed by atoms with Crippen LogP contribution >= 0.6 is 0 Å². The van der Waals surface area contributed by atoms with Crippen molar-refractivity contribution in [3.63, 3.8) is 0 Å². The first-order valence-corrected chi connectivity index (χ1v) is 10.3. The molecule has 7 nitrogen and oxygen atoms in total. The maximum atomic E-state index is 12.8. The van der Waals surface area contributed by atoms with Gasteiger partial charge in [0.05, 0.1) is 17.2 Å². The van der Waals surface area contributed by atoms with Gasteiger partial charge in [-0.25, -0.2) is 0 Å². The fourth-order valence-corrected chi connectivity index (χ4v) is 3.86. The molecule has 1 unspecified atom stereocenters. The Morgan fingerprint density at radius 1 is 1.13 bits per heavy atom. The maximum absolute atomic E-state index is 12.8. The number of rotatable bonds is 5. The van der Waals surface area contributed by atoms with E-state index in [1.807, 2.05) is 44.2 Å². The third-order valence-electron chi connectivity index (χ3n) is 5.66. The molecule has 0 spiro atoms. The van der Waals surface area contributed by atoms with E-state index in [0.29, 0.717) is 5.76 Å². The van der Waals surface area contributed by atoms with Crippen molar-refractivity contribution in [1.82, 2.24) is 15.2 Å². The number of aromatic nitrogens is 1. The molecule has 7 heteroatoms. The van der Waals surface area contributed by atoms with Crippen LogP contribution in [0.25, 0.3) is 10.9 Å². The van der Waals surface area contributed by atoms with Gasteiger partial charge in [-0.05, 0) is 63.1 Å². The zero-order valence-electron chi connectivity index (χ0n) is 17.2. The number of amides is 2. The number of furan rings is 1. The minimum atomic E-state index is -0.263. The van der Waals surface area contributed by atoms with Gasteiger partial charge in [-0.15, -0.1) is 0 Å². The van der Waals surface area contributed by atoms with Crippen molar-refractivity contribution in [3.05, 3.63) is 60.2 Å². The van der Waals surface area contributed by atoms with Gasteiger partial charge in [0.15, 0.2) is 5.76 Å². The van der Waals surface area contributed by atoms with Crippen molar-refractivity contribution in [2.24, 2.45) is 0 Å². The van der Waals surface area contributed by atoms with Crippen LogP contribution in [0.15, 0.2) is 53.1 Å². The Morgan fingerprint density at radius 3 is 2.67 bits per heavy atom. The second-order valence-corrected chi connectivity index (χ2v) is 7.73. The number of likely N-dealkylation sites (tertiary alicyclic amines) is 1. The lowest BCUT2D eigenvalue weighted by Gasteiger charge is -2.35. The highest BCUT2D eigenvalue weighted by atomic mass is 16.3. The van der Waals surface area contributed by atoms with Crippen LogP contribution in [0.4, 0.5) is 5.69 Å². The summed E-state index contributed by atoms with van der Waals surface area (Å²) in [6.45, 7) is 5.22. The molecule has 30 heavy (non-hydrogen) atoms. The molecule has 4 rings (SSSR count). The van der Waals surface area contributed by atoms with Gasteiger partial charge in [-0.2, -0.15) is 0 Å². The number of hydrogen-bond donors (Lipinski definition) is 2. The summed E-state index contributed by atoms with van der Waals surface area (Å²) in [6, 6.07) is 12.8. The molecule has 0 aliphatic carbocycles. The molecule has 0 radical (unpaired) electrons. The molecular formula is C23H26N4O3. The lowest BCUT2D eigenvalue weighted by Crippen LogP contribution is -2.50. The normalized spacial score (nSPS) is 16.3. The summed E-state index contributed by atoms with van der Waals surface area (Å²) in [5.41, 5.74) is 1.62. The molecular weight excluding hydrogens is 380 g/mol.